The average molecular weight is 257 g/mol. The first kappa shape index (κ1) is 14.1. The van der Waals surface area contributed by atoms with Gasteiger partial charge in [-0.25, -0.2) is 9.78 Å². The maximum Gasteiger partial charge on any atom is 0.357 e. The third kappa shape index (κ3) is 3.78. The zero-order valence-corrected chi connectivity index (χ0v) is 11.6. The minimum Gasteiger partial charge on any atom is -0.461 e. The fourth-order valence-corrected chi connectivity index (χ4v) is 2.29. The average Bonchev–Trinajstić information content (AvgIpc) is 2.77. The van der Waals surface area contributed by atoms with Gasteiger partial charge >= 0.3 is 5.97 Å². The number of ether oxygens (including phenoxy) is 2. The van der Waals surface area contributed by atoms with E-state index in [1.807, 2.05) is 0 Å². The summed E-state index contributed by atoms with van der Waals surface area (Å²) in [4.78, 5) is 15.8. The van der Waals surface area contributed by atoms with Gasteiger partial charge in [0, 0.05) is 24.5 Å². The molecule has 1 rings (SSSR count). The molecule has 0 spiro atoms. The fourth-order valence-electron chi connectivity index (χ4n) is 1.35. The van der Waals surface area contributed by atoms with Crippen molar-refractivity contribution in [3.05, 3.63) is 16.1 Å². The third-order valence-corrected chi connectivity index (χ3v) is 3.71. The molecule has 0 radical (unpaired) electrons. The van der Waals surface area contributed by atoms with Gasteiger partial charge in [-0.15, -0.1) is 11.3 Å². The molecule has 0 aliphatic carbocycles. The lowest BCUT2D eigenvalue weighted by atomic mass is 9.91. The van der Waals surface area contributed by atoms with Crippen molar-refractivity contribution in [3.63, 3.8) is 0 Å². The monoisotopic (exact) mass is 257 g/mol. The molecule has 96 valence electrons. The van der Waals surface area contributed by atoms with Crippen LogP contribution in [0.5, 0.6) is 0 Å². The SMILES string of the molecule is CCOC(=O)c1csc(C(C)(C)CCOC)n1. The molecule has 0 saturated heterocycles. The van der Waals surface area contributed by atoms with Crippen molar-refractivity contribution < 1.29 is 14.3 Å². The summed E-state index contributed by atoms with van der Waals surface area (Å²) < 4.78 is 9.99. The van der Waals surface area contributed by atoms with Crippen molar-refractivity contribution in [1.29, 1.82) is 0 Å². The predicted molar refractivity (Wildman–Crippen MR) is 67.6 cm³/mol. The Labute approximate surface area is 106 Å². The van der Waals surface area contributed by atoms with Gasteiger partial charge in [-0.3, -0.25) is 0 Å². The highest BCUT2D eigenvalue weighted by atomic mass is 32.1. The van der Waals surface area contributed by atoms with Gasteiger partial charge in [0.15, 0.2) is 5.69 Å². The number of carbonyl (C=O) groups is 1. The van der Waals surface area contributed by atoms with Crippen LogP contribution in [0.1, 0.15) is 42.7 Å². The molecule has 1 aromatic rings. The van der Waals surface area contributed by atoms with E-state index in [0.29, 0.717) is 18.9 Å². The summed E-state index contributed by atoms with van der Waals surface area (Å²) in [7, 11) is 1.68. The van der Waals surface area contributed by atoms with Gasteiger partial charge in [0.2, 0.25) is 0 Å². The summed E-state index contributed by atoms with van der Waals surface area (Å²) in [5, 5.41) is 2.69. The summed E-state index contributed by atoms with van der Waals surface area (Å²) in [6, 6.07) is 0. The Bertz CT molecular complexity index is 374. The van der Waals surface area contributed by atoms with Crippen molar-refractivity contribution in [2.75, 3.05) is 20.3 Å². The van der Waals surface area contributed by atoms with Gasteiger partial charge in [0.05, 0.1) is 11.6 Å². The van der Waals surface area contributed by atoms with Crippen LogP contribution in [0.25, 0.3) is 0 Å². The summed E-state index contributed by atoms with van der Waals surface area (Å²) >= 11 is 1.49. The molecule has 0 aliphatic heterocycles. The number of aromatic nitrogens is 1. The summed E-state index contributed by atoms with van der Waals surface area (Å²) in [5.41, 5.74) is 0.322. The normalized spacial score (nSPS) is 11.5. The molecule has 17 heavy (non-hydrogen) atoms. The highest BCUT2D eigenvalue weighted by Crippen LogP contribution is 2.29. The van der Waals surface area contributed by atoms with Crippen LogP contribution in [0.2, 0.25) is 0 Å². The topological polar surface area (TPSA) is 48.4 Å². The Kier molecular flexibility index (Phi) is 5.08. The zero-order valence-electron chi connectivity index (χ0n) is 10.8. The number of thiazole rings is 1. The predicted octanol–water partition coefficient (Wildman–Crippen LogP) is 2.63. The molecular formula is C12H19NO3S. The molecule has 0 aromatic carbocycles. The van der Waals surface area contributed by atoms with Crippen molar-refractivity contribution in [2.45, 2.75) is 32.6 Å². The lowest BCUT2D eigenvalue weighted by Gasteiger charge is -2.20. The second-order valence-electron chi connectivity index (χ2n) is 4.39. The van der Waals surface area contributed by atoms with E-state index in [9.17, 15) is 4.79 Å². The Balaban J connectivity index is 2.76. The van der Waals surface area contributed by atoms with Crippen LogP contribution in [0.4, 0.5) is 0 Å². The van der Waals surface area contributed by atoms with Crippen LogP contribution in [0.3, 0.4) is 0 Å². The molecule has 5 heteroatoms. The minimum atomic E-state index is -0.349. The molecule has 4 nitrogen and oxygen atoms in total. The Morgan fingerprint density at radius 2 is 2.24 bits per heavy atom. The number of rotatable bonds is 6. The molecule has 0 unspecified atom stereocenters. The second kappa shape index (κ2) is 6.12. The molecule has 0 fully saturated rings. The maximum atomic E-state index is 11.5. The smallest absolute Gasteiger partial charge is 0.357 e. The first-order valence-corrected chi connectivity index (χ1v) is 6.51. The lowest BCUT2D eigenvalue weighted by molar-refractivity contribution is 0.0520. The van der Waals surface area contributed by atoms with Gasteiger partial charge in [-0.2, -0.15) is 0 Å². The van der Waals surface area contributed by atoms with E-state index in [2.05, 4.69) is 18.8 Å². The lowest BCUT2D eigenvalue weighted by Crippen LogP contribution is -2.19. The number of nitrogens with zero attached hydrogens (tertiary/aromatic N) is 1. The van der Waals surface area contributed by atoms with Crippen molar-refractivity contribution >= 4 is 17.3 Å². The Morgan fingerprint density at radius 3 is 2.82 bits per heavy atom. The van der Waals surface area contributed by atoms with Crippen LogP contribution in [-0.4, -0.2) is 31.3 Å². The highest BCUT2D eigenvalue weighted by Gasteiger charge is 2.25. The Hall–Kier alpha value is -0.940. The fraction of sp³-hybridized carbons (Fsp3) is 0.667. The molecule has 1 aromatic heterocycles. The van der Waals surface area contributed by atoms with Crippen LogP contribution >= 0.6 is 11.3 Å². The van der Waals surface area contributed by atoms with Crippen molar-refractivity contribution in [3.8, 4) is 0 Å². The molecule has 0 N–H and O–H groups in total. The van der Waals surface area contributed by atoms with Crippen LogP contribution < -0.4 is 0 Å². The molecular weight excluding hydrogens is 238 g/mol. The van der Waals surface area contributed by atoms with Crippen molar-refractivity contribution in [2.24, 2.45) is 0 Å². The molecule has 0 saturated carbocycles. The van der Waals surface area contributed by atoms with E-state index in [1.54, 1.807) is 19.4 Å². The second-order valence-corrected chi connectivity index (χ2v) is 5.24. The maximum absolute atomic E-state index is 11.5. The molecule has 0 aliphatic rings. The summed E-state index contributed by atoms with van der Waals surface area (Å²) in [6.45, 7) is 7.04. The number of hydrogen-bond acceptors (Lipinski definition) is 5. The molecule has 0 bridgehead atoms. The number of hydrogen-bond donors (Lipinski definition) is 0. The van der Waals surface area contributed by atoms with Crippen LogP contribution in [-0.2, 0) is 14.9 Å². The largest absolute Gasteiger partial charge is 0.461 e. The number of methoxy groups -OCH3 is 1. The standard InChI is InChI=1S/C12H19NO3S/c1-5-16-10(14)9-8-17-11(13-9)12(2,3)6-7-15-4/h8H,5-7H2,1-4H3. The van der Waals surface area contributed by atoms with Crippen LogP contribution in [0, 0.1) is 0 Å². The number of esters is 1. The minimum absolute atomic E-state index is 0.0780. The van der Waals surface area contributed by atoms with Gasteiger partial charge in [0.25, 0.3) is 0 Å². The third-order valence-electron chi connectivity index (χ3n) is 2.50. The molecule has 1 heterocycles. The Morgan fingerprint density at radius 1 is 1.53 bits per heavy atom. The van der Waals surface area contributed by atoms with Gasteiger partial charge < -0.3 is 9.47 Å². The van der Waals surface area contributed by atoms with Gasteiger partial charge in [-0.05, 0) is 13.3 Å². The van der Waals surface area contributed by atoms with Gasteiger partial charge in [-0.1, -0.05) is 13.8 Å². The zero-order chi connectivity index (χ0) is 12.9. The van der Waals surface area contributed by atoms with Crippen molar-refractivity contribution in [1.82, 2.24) is 4.98 Å². The van der Waals surface area contributed by atoms with E-state index >= 15 is 0 Å². The van der Waals surface area contributed by atoms with E-state index in [-0.39, 0.29) is 11.4 Å². The highest BCUT2D eigenvalue weighted by molar-refractivity contribution is 7.10. The first-order valence-electron chi connectivity index (χ1n) is 5.63. The van der Waals surface area contributed by atoms with E-state index in [0.717, 1.165) is 11.4 Å². The molecule has 0 amide bonds. The molecule has 0 atom stereocenters. The van der Waals surface area contributed by atoms with E-state index in [1.165, 1.54) is 11.3 Å². The van der Waals surface area contributed by atoms with E-state index in [4.69, 9.17) is 9.47 Å². The summed E-state index contributed by atoms with van der Waals surface area (Å²) in [5.74, 6) is -0.349. The van der Waals surface area contributed by atoms with E-state index < -0.39 is 0 Å². The summed E-state index contributed by atoms with van der Waals surface area (Å²) in [6.07, 6.45) is 0.874. The first-order chi connectivity index (χ1) is 8.01. The van der Waals surface area contributed by atoms with Gasteiger partial charge in [0.1, 0.15) is 0 Å². The number of carbonyl (C=O) groups excluding carboxylic acids is 1. The van der Waals surface area contributed by atoms with Crippen LogP contribution in [0.15, 0.2) is 5.38 Å². The quantitative estimate of drug-likeness (QED) is 0.735.